The third-order valence-electron chi connectivity index (χ3n) is 4.08. The number of halogens is 3. The molecule has 0 unspecified atom stereocenters. The van der Waals surface area contributed by atoms with Crippen LogP contribution in [-0.4, -0.2) is 42.0 Å². The number of rotatable bonds is 2. The Balaban J connectivity index is 1.70. The number of pyridine rings is 1. The predicted molar refractivity (Wildman–Crippen MR) is 96.2 cm³/mol. The molecule has 24 heavy (non-hydrogen) atoms. The van der Waals surface area contributed by atoms with Crippen LogP contribution in [0.2, 0.25) is 5.02 Å². The molecular formula is C17H16BrClFN3O. The van der Waals surface area contributed by atoms with Gasteiger partial charge in [0, 0.05) is 26.2 Å². The standard InChI is InChI=1S/C17H16BrClFN3O/c1-11-2-5-15(18)21-16(11)17(24)23-8-6-22(7-9-23)14-4-3-12(20)10-13(14)19/h2-5,10H,6-9H2,1H3. The lowest BCUT2D eigenvalue weighted by Gasteiger charge is -2.36. The summed E-state index contributed by atoms with van der Waals surface area (Å²) in [7, 11) is 0. The van der Waals surface area contributed by atoms with Crippen LogP contribution < -0.4 is 4.90 Å². The normalized spacial score (nSPS) is 14.8. The van der Waals surface area contributed by atoms with E-state index in [4.69, 9.17) is 11.6 Å². The average Bonchev–Trinajstić information content (AvgIpc) is 2.57. The van der Waals surface area contributed by atoms with E-state index in [0.717, 1.165) is 11.3 Å². The summed E-state index contributed by atoms with van der Waals surface area (Å²) in [5.41, 5.74) is 2.12. The van der Waals surface area contributed by atoms with E-state index in [-0.39, 0.29) is 11.7 Å². The molecule has 0 bridgehead atoms. The second-order valence-corrected chi connectivity index (χ2v) is 6.89. The molecule has 7 heteroatoms. The van der Waals surface area contributed by atoms with Gasteiger partial charge in [-0.15, -0.1) is 0 Å². The zero-order valence-electron chi connectivity index (χ0n) is 13.1. The first kappa shape index (κ1) is 17.2. The van der Waals surface area contributed by atoms with Crippen LogP contribution in [-0.2, 0) is 0 Å². The summed E-state index contributed by atoms with van der Waals surface area (Å²) >= 11 is 9.43. The molecule has 1 aromatic carbocycles. The highest BCUT2D eigenvalue weighted by Crippen LogP contribution is 2.27. The molecule has 1 saturated heterocycles. The van der Waals surface area contributed by atoms with Crippen LogP contribution >= 0.6 is 27.5 Å². The molecule has 1 aliphatic heterocycles. The summed E-state index contributed by atoms with van der Waals surface area (Å²) in [5, 5.41) is 0.388. The van der Waals surface area contributed by atoms with Gasteiger partial charge in [-0.25, -0.2) is 9.37 Å². The van der Waals surface area contributed by atoms with Crippen LogP contribution in [0.4, 0.5) is 10.1 Å². The Hall–Kier alpha value is -1.66. The molecule has 2 aromatic rings. The fourth-order valence-corrected chi connectivity index (χ4v) is 3.36. The Labute approximate surface area is 153 Å². The molecule has 0 aliphatic carbocycles. The highest BCUT2D eigenvalue weighted by Gasteiger charge is 2.25. The zero-order chi connectivity index (χ0) is 17.3. The molecule has 4 nitrogen and oxygen atoms in total. The highest BCUT2D eigenvalue weighted by molar-refractivity contribution is 9.10. The number of hydrogen-bond acceptors (Lipinski definition) is 3. The lowest BCUT2D eigenvalue weighted by atomic mass is 10.1. The number of carbonyl (C=O) groups excluding carboxylic acids is 1. The maximum atomic E-state index is 13.2. The molecule has 0 atom stereocenters. The van der Waals surface area contributed by atoms with Gasteiger partial charge in [0.25, 0.3) is 5.91 Å². The third kappa shape index (κ3) is 3.54. The number of aromatic nitrogens is 1. The number of benzene rings is 1. The Morgan fingerprint density at radius 1 is 1.21 bits per heavy atom. The van der Waals surface area contributed by atoms with E-state index in [1.807, 2.05) is 19.1 Å². The number of aryl methyl sites for hydroxylation is 1. The minimum atomic E-state index is -0.353. The van der Waals surface area contributed by atoms with E-state index in [2.05, 4.69) is 25.8 Å². The molecule has 0 spiro atoms. The van der Waals surface area contributed by atoms with Gasteiger partial charge in [-0.1, -0.05) is 17.7 Å². The fourth-order valence-electron chi connectivity index (χ4n) is 2.76. The summed E-state index contributed by atoms with van der Waals surface area (Å²) < 4.78 is 13.8. The van der Waals surface area contributed by atoms with Crippen molar-refractivity contribution in [3.05, 3.63) is 57.0 Å². The fraction of sp³-hybridized carbons (Fsp3) is 0.294. The molecule has 1 fully saturated rings. The van der Waals surface area contributed by atoms with Crippen molar-refractivity contribution >= 4 is 39.1 Å². The predicted octanol–water partition coefficient (Wildman–Crippen LogP) is 3.91. The Morgan fingerprint density at radius 2 is 1.92 bits per heavy atom. The van der Waals surface area contributed by atoms with E-state index in [1.165, 1.54) is 12.1 Å². The number of carbonyl (C=O) groups is 1. The first-order valence-electron chi connectivity index (χ1n) is 7.58. The molecule has 0 N–H and O–H groups in total. The van der Waals surface area contributed by atoms with Crippen LogP contribution in [0.3, 0.4) is 0 Å². The lowest BCUT2D eigenvalue weighted by Crippen LogP contribution is -2.49. The molecule has 0 saturated carbocycles. The quantitative estimate of drug-likeness (QED) is 0.702. The summed E-state index contributed by atoms with van der Waals surface area (Å²) in [6.45, 7) is 4.30. The number of amides is 1. The second kappa shape index (κ2) is 7.07. The van der Waals surface area contributed by atoms with Crippen molar-refractivity contribution in [3.63, 3.8) is 0 Å². The lowest BCUT2D eigenvalue weighted by molar-refractivity contribution is 0.0740. The minimum absolute atomic E-state index is 0.0707. The largest absolute Gasteiger partial charge is 0.367 e. The summed E-state index contributed by atoms with van der Waals surface area (Å²) in [4.78, 5) is 20.8. The molecule has 1 aliphatic rings. The van der Waals surface area contributed by atoms with E-state index in [9.17, 15) is 9.18 Å². The second-order valence-electron chi connectivity index (χ2n) is 5.67. The minimum Gasteiger partial charge on any atom is -0.367 e. The Morgan fingerprint density at radius 3 is 2.58 bits per heavy atom. The Bertz CT molecular complexity index is 778. The van der Waals surface area contributed by atoms with Gasteiger partial charge in [0.15, 0.2) is 0 Å². The zero-order valence-corrected chi connectivity index (χ0v) is 15.4. The maximum absolute atomic E-state index is 13.2. The van der Waals surface area contributed by atoms with E-state index < -0.39 is 0 Å². The molecular weight excluding hydrogens is 397 g/mol. The first-order valence-corrected chi connectivity index (χ1v) is 8.75. The van der Waals surface area contributed by atoms with Gasteiger partial charge in [0.05, 0.1) is 10.7 Å². The van der Waals surface area contributed by atoms with Gasteiger partial charge in [0.1, 0.15) is 16.1 Å². The molecule has 0 radical (unpaired) electrons. The van der Waals surface area contributed by atoms with Crippen molar-refractivity contribution in [3.8, 4) is 0 Å². The van der Waals surface area contributed by atoms with Crippen molar-refractivity contribution < 1.29 is 9.18 Å². The molecule has 2 heterocycles. The number of anilines is 1. The van der Waals surface area contributed by atoms with Crippen molar-refractivity contribution in [2.75, 3.05) is 31.1 Å². The molecule has 126 valence electrons. The number of nitrogens with zero attached hydrogens (tertiary/aromatic N) is 3. The van der Waals surface area contributed by atoms with Gasteiger partial charge >= 0.3 is 0 Å². The van der Waals surface area contributed by atoms with E-state index >= 15 is 0 Å². The van der Waals surface area contributed by atoms with E-state index in [1.54, 1.807) is 11.0 Å². The van der Waals surface area contributed by atoms with Crippen molar-refractivity contribution in [2.45, 2.75) is 6.92 Å². The molecule has 1 amide bonds. The Kier molecular flexibility index (Phi) is 5.06. The average molecular weight is 413 g/mol. The van der Waals surface area contributed by atoms with Crippen LogP contribution in [0.25, 0.3) is 0 Å². The number of hydrogen-bond donors (Lipinski definition) is 0. The van der Waals surface area contributed by atoms with Crippen molar-refractivity contribution in [2.24, 2.45) is 0 Å². The molecule has 1 aromatic heterocycles. The smallest absolute Gasteiger partial charge is 0.272 e. The van der Waals surface area contributed by atoms with Crippen LogP contribution in [0.15, 0.2) is 34.9 Å². The topological polar surface area (TPSA) is 36.4 Å². The summed E-state index contributed by atoms with van der Waals surface area (Å²) in [6, 6.07) is 8.07. The van der Waals surface area contributed by atoms with Crippen molar-refractivity contribution in [1.82, 2.24) is 9.88 Å². The van der Waals surface area contributed by atoms with Gasteiger partial charge in [-0.2, -0.15) is 0 Å². The SMILES string of the molecule is Cc1ccc(Br)nc1C(=O)N1CCN(c2ccc(F)cc2Cl)CC1. The van der Waals surface area contributed by atoms with Crippen LogP contribution in [0.5, 0.6) is 0 Å². The van der Waals surface area contributed by atoms with Crippen molar-refractivity contribution in [1.29, 1.82) is 0 Å². The number of piperazine rings is 1. The summed E-state index contributed by atoms with van der Waals surface area (Å²) in [6.07, 6.45) is 0. The van der Waals surface area contributed by atoms with Gasteiger partial charge in [-0.05, 0) is 52.7 Å². The monoisotopic (exact) mass is 411 g/mol. The van der Waals surface area contributed by atoms with Crippen LogP contribution in [0.1, 0.15) is 16.1 Å². The summed E-state index contributed by atoms with van der Waals surface area (Å²) in [5.74, 6) is -0.424. The molecule has 3 rings (SSSR count). The van der Waals surface area contributed by atoms with Gasteiger partial charge < -0.3 is 9.80 Å². The van der Waals surface area contributed by atoms with E-state index in [0.29, 0.717) is 41.5 Å². The first-order chi connectivity index (χ1) is 11.5. The van der Waals surface area contributed by atoms with Gasteiger partial charge in [0.2, 0.25) is 0 Å². The van der Waals surface area contributed by atoms with Crippen LogP contribution in [0, 0.1) is 12.7 Å². The maximum Gasteiger partial charge on any atom is 0.272 e. The third-order valence-corrected chi connectivity index (χ3v) is 4.83. The van der Waals surface area contributed by atoms with Gasteiger partial charge in [-0.3, -0.25) is 4.79 Å². The highest BCUT2D eigenvalue weighted by atomic mass is 79.9.